The van der Waals surface area contributed by atoms with Crippen LogP contribution in [0.5, 0.6) is 0 Å². The van der Waals surface area contributed by atoms with E-state index in [1.807, 2.05) is 19.1 Å². The fraction of sp³-hybridized carbons (Fsp3) is 0.333. The highest BCUT2D eigenvalue weighted by atomic mass is 16.6. The molecule has 0 N–H and O–H groups in total. The third-order valence-corrected chi connectivity index (χ3v) is 4.22. The zero-order valence-corrected chi connectivity index (χ0v) is 10.9. The number of nitro benzene ring substituents is 1. The van der Waals surface area contributed by atoms with Crippen molar-refractivity contribution in [2.24, 2.45) is 17.8 Å². The summed E-state index contributed by atoms with van der Waals surface area (Å²) in [6, 6.07) is 4.26. The van der Waals surface area contributed by atoms with Crippen molar-refractivity contribution in [3.63, 3.8) is 0 Å². The van der Waals surface area contributed by atoms with Crippen LogP contribution >= 0.6 is 0 Å². The van der Waals surface area contributed by atoms with Gasteiger partial charge in [-0.1, -0.05) is 31.2 Å². The summed E-state index contributed by atoms with van der Waals surface area (Å²) >= 11 is 0. The number of nitrogens with zero attached hydrogens (tertiary/aromatic N) is 1. The Morgan fingerprint density at radius 1 is 1.25 bits per heavy atom. The number of allylic oxidation sites excluding steroid dienone is 2. The van der Waals surface area contributed by atoms with E-state index in [1.165, 1.54) is 18.2 Å². The molecule has 0 saturated heterocycles. The van der Waals surface area contributed by atoms with Crippen LogP contribution in [0.2, 0.25) is 0 Å². The van der Waals surface area contributed by atoms with Gasteiger partial charge in [0.2, 0.25) is 0 Å². The molecule has 0 radical (unpaired) electrons. The van der Waals surface area contributed by atoms with E-state index >= 15 is 0 Å². The molecule has 102 valence electrons. The number of hydrogen-bond acceptors (Lipinski definition) is 4. The molecule has 0 aliphatic heterocycles. The van der Waals surface area contributed by atoms with Gasteiger partial charge in [-0.2, -0.15) is 0 Å². The Hall–Kier alpha value is -2.30. The molecule has 2 aliphatic carbocycles. The number of benzene rings is 1. The number of rotatable bonds is 1. The van der Waals surface area contributed by atoms with Gasteiger partial charge in [-0.25, -0.2) is 0 Å². The topological polar surface area (TPSA) is 77.3 Å². The molecule has 0 heterocycles. The fourth-order valence-electron chi connectivity index (χ4n) is 3.29. The van der Waals surface area contributed by atoms with Crippen molar-refractivity contribution in [3.8, 4) is 0 Å². The van der Waals surface area contributed by atoms with Crippen molar-refractivity contribution < 1.29 is 14.5 Å². The van der Waals surface area contributed by atoms with Crippen molar-refractivity contribution in [1.82, 2.24) is 0 Å². The zero-order chi connectivity index (χ0) is 14.4. The first kappa shape index (κ1) is 12.7. The first-order valence-corrected chi connectivity index (χ1v) is 6.55. The lowest BCUT2D eigenvalue weighted by Crippen LogP contribution is -2.41. The van der Waals surface area contributed by atoms with Gasteiger partial charge in [-0.15, -0.1) is 0 Å². The molecule has 0 aromatic heterocycles. The van der Waals surface area contributed by atoms with Gasteiger partial charge in [-0.3, -0.25) is 19.7 Å². The molecule has 5 heteroatoms. The van der Waals surface area contributed by atoms with Crippen molar-refractivity contribution in [3.05, 3.63) is 51.6 Å². The van der Waals surface area contributed by atoms with E-state index in [1.54, 1.807) is 0 Å². The third-order valence-electron chi connectivity index (χ3n) is 4.22. The minimum Gasteiger partial charge on any atom is -0.294 e. The quantitative estimate of drug-likeness (QED) is 0.447. The van der Waals surface area contributed by atoms with Crippen molar-refractivity contribution in [1.29, 1.82) is 0 Å². The monoisotopic (exact) mass is 271 g/mol. The van der Waals surface area contributed by atoms with Crippen LogP contribution in [0, 0.1) is 27.9 Å². The largest absolute Gasteiger partial charge is 0.294 e. The highest BCUT2D eigenvalue weighted by Gasteiger charge is 2.46. The highest BCUT2D eigenvalue weighted by molar-refractivity contribution is 6.18. The van der Waals surface area contributed by atoms with Gasteiger partial charge in [0.15, 0.2) is 11.6 Å². The lowest BCUT2D eigenvalue weighted by molar-refractivity contribution is -0.385. The molecule has 1 aromatic rings. The predicted molar refractivity (Wildman–Crippen MR) is 71.7 cm³/mol. The molecule has 2 aliphatic rings. The Balaban J connectivity index is 2.23. The van der Waals surface area contributed by atoms with E-state index in [9.17, 15) is 19.7 Å². The van der Waals surface area contributed by atoms with Gasteiger partial charge in [-0.05, 0) is 12.3 Å². The molecule has 5 nitrogen and oxygen atoms in total. The zero-order valence-electron chi connectivity index (χ0n) is 10.9. The van der Waals surface area contributed by atoms with Gasteiger partial charge < -0.3 is 0 Å². The number of fused-ring (bicyclic) bond motifs is 2. The molecule has 3 atom stereocenters. The van der Waals surface area contributed by atoms with Crippen LogP contribution < -0.4 is 0 Å². The minimum atomic E-state index is -0.590. The van der Waals surface area contributed by atoms with Crippen LogP contribution in [0.4, 0.5) is 5.69 Å². The summed E-state index contributed by atoms with van der Waals surface area (Å²) in [6.45, 7) is 1.87. The van der Waals surface area contributed by atoms with E-state index < -0.39 is 10.8 Å². The van der Waals surface area contributed by atoms with Crippen molar-refractivity contribution in [2.75, 3.05) is 0 Å². The first-order chi connectivity index (χ1) is 9.52. The molecule has 0 fully saturated rings. The van der Waals surface area contributed by atoms with E-state index in [4.69, 9.17) is 0 Å². The average molecular weight is 271 g/mol. The summed E-state index contributed by atoms with van der Waals surface area (Å²) in [7, 11) is 0. The molecule has 0 bridgehead atoms. The Bertz CT molecular complexity index is 662. The number of hydrogen-bond donors (Lipinski definition) is 0. The normalized spacial score (nSPS) is 27.9. The van der Waals surface area contributed by atoms with E-state index in [0.717, 1.165) is 0 Å². The van der Waals surface area contributed by atoms with Crippen molar-refractivity contribution >= 4 is 17.3 Å². The standard InChI is InChI=1S/C15H13NO4/c1-8-4-2-5-9-12(8)15(18)13-10(14(9)17)6-3-7-11(13)16(19)20/h2-4,6-9,12H,5H2,1H3. The van der Waals surface area contributed by atoms with E-state index in [0.29, 0.717) is 6.42 Å². The number of carbonyl (C=O) groups is 2. The molecule has 3 rings (SSSR count). The minimum absolute atomic E-state index is 0.00843. The van der Waals surface area contributed by atoms with Crippen molar-refractivity contribution in [2.45, 2.75) is 13.3 Å². The Morgan fingerprint density at radius 2 is 2.00 bits per heavy atom. The number of Topliss-reactive ketones (excluding diaryl/α,β-unsaturated/α-hetero) is 2. The second-order valence-corrected chi connectivity index (χ2v) is 5.34. The van der Waals surface area contributed by atoms with Crippen LogP contribution in [0.15, 0.2) is 30.4 Å². The van der Waals surface area contributed by atoms with Crippen LogP contribution in [0.25, 0.3) is 0 Å². The number of carbonyl (C=O) groups excluding carboxylic acids is 2. The second-order valence-electron chi connectivity index (χ2n) is 5.34. The highest BCUT2D eigenvalue weighted by Crippen LogP contribution is 2.42. The molecule has 1 aromatic carbocycles. The maximum absolute atomic E-state index is 12.6. The Labute approximate surface area is 115 Å². The lowest BCUT2D eigenvalue weighted by Gasteiger charge is -2.35. The third kappa shape index (κ3) is 1.62. The molecular weight excluding hydrogens is 258 g/mol. The van der Waals surface area contributed by atoms with Gasteiger partial charge in [0.1, 0.15) is 5.56 Å². The summed E-state index contributed by atoms with van der Waals surface area (Å²) in [6.07, 6.45) is 4.35. The Kier molecular flexibility index (Phi) is 2.78. The summed E-state index contributed by atoms with van der Waals surface area (Å²) in [5.41, 5.74) is -0.0695. The number of nitro groups is 1. The Morgan fingerprint density at radius 3 is 2.70 bits per heavy atom. The summed E-state index contributed by atoms with van der Waals surface area (Å²) in [5.74, 6) is -1.34. The van der Waals surface area contributed by atoms with E-state index in [-0.39, 0.29) is 40.2 Å². The van der Waals surface area contributed by atoms with Crippen LogP contribution in [-0.2, 0) is 0 Å². The predicted octanol–water partition coefficient (Wildman–Crippen LogP) is 2.80. The van der Waals surface area contributed by atoms with E-state index in [2.05, 4.69) is 0 Å². The van der Waals surface area contributed by atoms with Crippen LogP contribution in [0.3, 0.4) is 0 Å². The van der Waals surface area contributed by atoms with Crippen LogP contribution in [-0.4, -0.2) is 16.5 Å². The molecule has 0 spiro atoms. The summed E-state index contributed by atoms with van der Waals surface area (Å²) in [4.78, 5) is 35.7. The average Bonchev–Trinajstić information content (AvgIpc) is 2.43. The molecule has 0 amide bonds. The molecule has 0 saturated carbocycles. The number of ketones is 2. The summed E-state index contributed by atoms with van der Waals surface area (Å²) < 4.78 is 0. The SMILES string of the molecule is CC1C=CCC2C(=O)c3cccc([N+](=O)[O-])c3C(=O)C12. The molecule has 20 heavy (non-hydrogen) atoms. The van der Waals surface area contributed by atoms with Gasteiger partial charge in [0.05, 0.1) is 4.92 Å². The first-order valence-electron chi connectivity index (χ1n) is 6.55. The lowest BCUT2D eigenvalue weighted by atomic mass is 9.65. The van der Waals surface area contributed by atoms with Gasteiger partial charge >= 0.3 is 0 Å². The fourth-order valence-corrected chi connectivity index (χ4v) is 3.29. The maximum atomic E-state index is 12.6. The van der Waals surface area contributed by atoms with Gasteiger partial charge in [0, 0.05) is 23.5 Å². The summed E-state index contributed by atoms with van der Waals surface area (Å²) in [5, 5.41) is 11.1. The second kappa shape index (κ2) is 4.37. The molecule has 3 unspecified atom stereocenters. The maximum Gasteiger partial charge on any atom is 0.280 e. The smallest absolute Gasteiger partial charge is 0.280 e. The van der Waals surface area contributed by atoms with Gasteiger partial charge in [0.25, 0.3) is 5.69 Å². The van der Waals surface area contributed by atoms with Crippen LogP contribution in [0.1, 0.15) is 34.1 Å². The molecular formula is C15H13NO4.